The molecule has 4 aliphatic carbocycles. The average Bonchev–Trinajstić information content (AvgIpc) is 3.13. The first-order chi connectivity index (χ1) is 15.6. The van der Waals surface area contributed by atoms with Gasteiger partial charge in [0.2, 0.25) is 11.8 Å². The van der Waals surface area contributed by atoms with Crippen molar-refractivity contribution in [3.63, 3.8) is 0 Å². The summed E-state index contributed by atoms with van der Waals surface area (Å²) < 4.78 is 65.8. The number of alkyl halides is 3. The Kier molecular flexibility index (Phi) is 4.37. The molecule has 5 aliphatic rings. The SMILES string of the molecule is O=C(NC12CC(c3nnc(C4CC(OC(F)(F)F)C4)o3)(C1)C2)[C@H]1CCc2cc(F)ccc2O1. The van der Waals surface area contributed by atoms with Gasteiger partial charge in [-0.1, -0.05) is 0 Å². The maximum absolute atomic E-state index is 13.4. The van der Waals surface area contributed by atoms with Crippen LogP contribution in [0.4, 0.5) is 17.6 Å². The lowest BCUT2D eigenvalue weighted by molar-refractivity contribution is -0.352. The Balaban J connectivity index is 1.02. The van der Waals surface area contributed by atoms with Crippen LogP contribution in [0.5, 0.6) is 5.75 Å². The second-order valence-electron chi connectivity index (χ2n) is 9.78. The van der Waals surface area contributed by atoms with E-state index in [2.05, 4.69) is 20.3 Å². The molecule has 7 rings (SSSR count). The van der Waals surface area contributed by atoms with Crippen molar-refractivity contribution in [2.24, 2.45) is 0 Å². The molecule has 1 N–H and O–H groups in total. The van der Waals surface area contributed by atoms with Gasteiger partial charge in [0.05, 0.1) is 11.5 Å². The molecule has 0 unspecified atom stereocenters. The fourth-order valence-electron chi connectivity index (χ4n) is 5.70. The lowest BCUT2D eigenvalue weighted by atomic mass is 9.39. The molecule has 2 heterocycles. The third kappa shape index (κ3) is 3.56. The van der Waals surface area contributed by atoms with Crippen LogP contribution in [-0.4, -0.2) is 40.2 Å². The summed E-state index contributed by atoms with van der Waals surface area (Å²) in [6.07, 6.45) is -2.65. The molecule has 0 radical (unpaired) electrons. The van der Waals surface area contributed by atoms with Gasteiger partial charge in [0.15, 0.2) is 6.10 Å². The van der Waals surface area contributed by atoms with Crippen LogP contribution in [0.1, 0.15) is 61.8 Å². The Bertz CT molecular complexity index is 1090. The van der Waals surface area contributed by atoms with Crippen LogP contribution in [0.2, 0.25) is 0 Å². The van der Waals surface area contributed by atoms with Gasteiger partial charge in [-0.15, -0.1) is 23.4 Å². The molecule has 4 saturated carbocycles. The monoisotopic (exact) mass is 467 g/mol. The summed E-state index contributed by atoms with van der Waals surface area (Å²) >= 11 is 0. The van der Waals surface area contributed by atoms with Crippen molar-refractivity contribution in [2.75, 3.05) is 0 Å². The number of hydrogen-bond acceptors (Lipinski definition) is 6. The van der Waals surface area contributed by atoms with E-state index in [1.165, 1.54) is 12.1 Å². The molecule has 4 fully saturated rings. The van der Waals surface area contributed by atoms with Crippen molar-refractivity contribution >= 4 is 5.91 Å². The number of amides is 1. The number of carbonyl (C=O) groups excluding carboxylic acids is 1. The molecule has 0 saturated heterocycles. The van der Waals surface area contributed by atoms with Crippen molar-refractivity contribution < 1.29 is 36.2 Å². The van der Waals surface area contributed by atoms with E-state index < -0.39 is 18.6 Å². The number of nitrogens with zero attached hydrogens (tertiary/aromatic N) is 2. The van der Waals surface area contributed by atoms with Crippen molar-refractivity contribution in [3.05, 3.63) is 41.4 Å². The molecule has 1 atom stereocenters. The molecule has 11 heteroatoms. The van der Waals surface area contributed by atoms with Crippen molar-refractivity contribution in [3.8, 4) is 5.75 Å². The highest BCUT2D eigenvalue weighted by Gasteiger charge is 2.72. The third-order valence-electron chi connectivity index (χ3n) is 7.32. The second-order valence-corrected chi connectivity index (χ2v) is 9.78. The van der Waals surface area contributed by atoms with E-state index in [9.17, 15) is 22.4 Å². The van der Waals surface area contributed by atoms with E-state index in [-0.39, 0.29) is 41.4 Å². The van der Waals surface area contributed by atoms with Crippen molar-refractivity contribution in [1.82, 2.24) is 15.5 Å². The van der Waals surface area contributed by atoms with E-state index >= 15 is 0 Å². The van der Waals surface area contributed by atoms with Crippen LogP contribution in [0.3, 0.4) is 0 Å². The van der Waals surface area contributed by atoms with E-state index in [0.29, 0.717) is 49.6 Å². The number of fused-ring (bicyclic) bond motifs is 1. The molecule has 33 heavy (non-hydrogen) atoms. The number of hydrogen-bond donors (Lipinski definition) is 1. The number of aryl methyl sites for hydroxylation is 1. The minimum absolute atomic E-state index is 0.185. The summed E-state index contributed by atoms with van der Waals surface area (Å²) in [5.74, 6) is 0.637. The highest BCUT2D eigenvalue weighted by molar-refractivity contribution is 5.83. The van der Waals surface area contributed by atoms with Gasteiger partial charge in [-0.25, -0.2) is 4.39 Å². The highest BCUT2D eigenvalue weighted by Crippen LogP contribution is 2.67. The van der Waals surface area contributed by atoms with Crippen LogP contribution < -0.4 is 10.1 Å². The quantitative estimate of drug-likeness (QED) is 0.676. The van der Waals surface area contributed by atoms with Gasteiger partial charge in [0, 0.05) is 11.5 Å². The number of nitrogens with one attached hydrogen (secondary N) is 1. The lowest BCUT2D eigenvalue weighted by Crippen LogP contribution is -2.77. The smallest absolute Gasteiger partial charge is 0.480 e. The van der Waals surface area contributed by atoms with Crippen LogP contribution in [-0.2, 0) is 21.4 Å². The topological polar surface area (TPSA) is 86.5 Å². The zero-order valence-corrected chi connectivity index (χ0v) is 17.5. The molecular formula is C22H21F4N3O4. The minimum Gasteiger partial charge on any atom is -0.480 e. The van der Waals surface area contributed by atoms with Crippen LogP contribution in [0.15, 0.2) is 22.6 Å². The fraction of sp³-hybridized carbons (Fsp3) is 0.591. The summed E-state index contributed by atoms with van der Waals surface area (Å²) in [6, 6.07) is 4.29. The second kappa shape index (κ2) is 6.91. The molecule has 1 aromatic carbocycles. The number of halogens is 4. The standard InChI is InChI=1S/C22H21F4N3O4/c23-13-2-4-15-11(5-13)1-3-16(31-15)17(30)27-21-8-20(9-21,10-21)19-29-28-18(32-19)12-6-14(7-12)33-22(24,25)26/h2,4-5,12,14,16H,1,3,6-10H2,(H,27,30)/t12?,14?,16-,20?,21?/m1/s1. The van der Waals surface area contributed by atoms with Gasteiger partial charge in [0.1, 0.15) is 11.6 Å². The van der Waals surface area contributed by atoms with Crippen molar-refractivity contribution in [1.29, 1.82) is 0 Å². The van der Waals surface area contributed by atoms with E-state index in [0.717, 1.165) is 5.56 Å². The zero-order valence-electron chi connectivity index (χ0n) is 17.5. The Morgan fingerprint density at radius 3 is 2.67 bits per heavy atom. The summed E-state index contributed by atoms with van der Waals surface area (Å²) in [5, 5.41) is 11.3. The molecule has 1 aliphatic heterocycles. The molecule has 176 valence electrons. The zero-order chi connectivity index (χ0) is 23.0. The third-order valence-corrected chi connectivity index (χ3v) is 7.32. The van der Waals surface area contributed by atoms with Gasteiger partial charge >= 0.3 is 6.36 Å². The summed E-state index contributed by atoms with van der Waals surface area (Å²) in [6.45, 7) is 0. The number of benzene rings is 1. The fourth-order valence-corrected chi connectivity index (χ4v) is 5.70. The average molecular weight is 467 g/mol. The largest absolute Gasteiger partial charge is 0.522 e. The predicted molar refractivity (Wildman–Crippen MR) is 103 cm³/mol. The predicted octanol–water partition coefficient (Wildman–Crippen LogP) is 3.68. The number of rotatable bonds is 5. The van der Waals surface area contributed by atoms with E-state index in [1.54, 1.807) is 6.07 Å². The normalized spacial score (nSPS) is 34.2. The first kappa shape index (κ1) is 20.9. The molecule has 1 amide bonds. The Morgan fingerprint density at radius 1 is 1.18 bits per heavy atom. The Hall–Kier alpha value is -2.69. The molecular weight excluding hydrogens is 446 g/mol. The van der Waals surface area contributed by atoms with Crippen LogP contribution in [0.25, 0.3) is 0 Å². The maximum Gasteiger partial charge on any atom is 0.522 e. The van der Waals surface area contributed by atoms with Gasteiger partial charge < -0.3 is 14.5 Å². The van der Waals surface area contributed by atoms with Gasteiger partial charge in [0.25, 0.3) is 5.91 Å². The van der Waals surface area contributed by atoms with Crippen molar-refractivity contribution in [2.45, 2.75) is 80.4 Å². The molecule has 0 spiro atoms. The summed E-state index contributed by atoms with van der Waals surface area (Å²) in [4.78, 5) is 12.8. The van der Waals surface area contributed by atoms with Crippen LogP contribution >= 0.6 is 0 Å². The summed E-state index contributed by atoms with van der Waals surface area (Å²) in [5.41, 5.74) is 0.167. The summed E-state index contributed by atoms with van der Waals surface area (Å²) in [7, 11) is 0. The van der Waals surface area contributed by atoms with E-state index in [4.69, 9.17) is 9.15 Å². The van der Waals surface area contributed by atoms with Gasteiger partial charge in [-0.05, 0) is 68.7 Å². The number of aromatic nitrogens is 2. The molecule has 7 nitrogen and oxygen atoms in total. The van der Waals surface area contributed by atoms with E-state index in [1.807, 2.05) is 0 Å². The minimum atomic E-state index is -4.63. The number of carbonyl (C=O) groups is 1. The Morgan fingerprint density at radius 2 is 1.94 bits per heavy atom. The Labute approximate surface area is 185 Å². The molecule has 1 aromatic heterocycles. The van der Waals surface area contributed by atoms with Crippen LogP contribution in [0, 0.1) is 5.82 Å². The lowest BCUT2D eigenvalue weighted by Gasteiger charge is -2.68. The first-order valence-corrected chi connectivity index (χ1v) is 11.0. The maximum atomic E-state index is 13.4. The molecule has 2 bridgehead atoms. The van der Waals surface area contributed by atoms with Gasteiger partial charge in [-0.3, -0.25) is 9.53 Å². The number of ether oxygens (including phenoxy) is 2. The molecule has 2 aromatic rings. The van der Waals surface area contributed by atoms with Gasteiger partial charge in [-0.2, -0.15) is 0 Å². The first-order valence-electron chi connectivity index (χ1n) is 11.0. The highest BCUT2D eigenvalue weighted by atomic mass is 19.4.